The molecule has 0 saturated carbocycles. The molecule has 1 aromatic rings. The molecule has 1 amide bonds. The Hall–Kier alpha value is -2.39. The number of esters is 1. The van der Waals surface area contributed by atoms with Crippen molar-refractivity contribution >= 4 is 26.3 Å². The smallest absolute Gasteiger partial charge is 0.367 e. The summed E-state index contributed by atoms with van der Waals surface area (Å²) in [6.45, 7) is -0.551. The predicted octanol–water partition coefficient (Wildman–Crippen LogP) is -5.72. The van der Waals surface area contributed by atoms with Crippen molar-refractivity contribution in [1.82, 2.24) is 14.9 Å². The summed E-state index contributed by atoms with van der Waals surface area (Å²) in [7, 11) is -2.87. The van der Waals surface area contributed by atoms with Gasteiger partial charge in [-0.25, -0.2) is 9.59 Å². The molecule has 19 nitrogen and oxygen atoms in total. The number of aliphatic hydroxyl groups is 6. The lowest BCUT2D eigenvalue weighted by molar-refractivity contribution is -0.300. The Morgan fingerprint density at radius 1 is 1.35 bits per heavy atom. The highest BCUT2D eigenvalue weighted by molar-refractivity contribution is 7.39. The summed E-state index contributed by atoms with van der Waals surface area (Å²) >= 11 is 0. The monoisotopic (exact) mass is 598 g/mol. The van der Waals surface area contributed by atoms with E-state index in [2.05, 4.69) is 14.8 Å². The number of hydrogen-bond donors (Lipinski definition) is 10. The maximum atomic E-state index is 13.2. The van der Waals surface area contributed by atoms with E-state index < -0.39 is 107 Å². The molecule has 226 valence electrons. The van der Waals surface area contributed by atoms with E-state index in [4.69, 9.17) is 29.7 Å². The summed E-state index contributed by atoms with van der Waals surface area (Å²) < 4.78 is 21.6. The second kappa shape index (κ2) is 13.1. The van der Waals surface area contributed by atoms with Crippen LogP contribution in [0.2, 0.25) is 0 Å². The molecule has 2 fully saturated rings. The van der Waals surface area contributed by atoms with Crippen LogP contribution in [0.4, 0.5) is 5.82 Å². The summed E-state index contributed by atoms with van der Waals surface area (Å²) in [5, 5.41) is 64.3. The fourth-order valence-corrected chi connectivity index (χ4v) is 4.59. The zero-order chi connectivity index (χ0) is 29.9. The standard InChI is InChI=1S/C20H31N4O15P/c1-7(26)22-12-8(27)4-20(33,39-15(12)13(29)9(28)5-25)18(31)38-16-14(30)10(6-36-40(34)35)37-17(16)24-3-2-11(21)23-19(24)32/h2-3,8-10,12-17,25,27-30,33-35H,4-6H2,1H3,(H,22,26)(H2,21,23,32)/t8-,9+,10+,12+,13+,14+,15+,16+,17+,20-/m0/s1. The molecule has 2 aliphatic rings. The number of nitrogens with two attached hydrogens (primary N) is 1. The molecule has 2 aliphatic heterocycles. The van der Waals surface area contributed by atoms with Gasteiger partial charge in [0, 0.05) is 19.5 Å². The summed E-state index contributed by atoms with van der Waals surface area (Å²) in [4.78, 5) is 58.9. The average molecular weight is 598 g/mol. The molecular weight excluding hydrogens is 567 g/mol. The largest absolute Gasteiger partial charge is 0.451 e. The van der Waals surface area contributed by atoms with Crippen LogP contribution in [0.1, 0.15) is 19.6 Å². The summed E-state index contributed by atoms with van der Waals surface area (Å²) in [5.74, 6) is -5.56. The molecule has 20 heteroatoms. The predicted molar refractivity (Wildman–Crippen MR) is 127 cm³/mol. The van der Waals surface area contributed by atoms with Crippen LogP contribution < -0.4 is 16.7 Å². The number of aromatic nitrogens is 2. The van der Waals surface area contributed by atoms with Crippen molar-refractivity contribution in [3.05, 3.63) is 22.7 Å². The van der Waals surface area contributed by atoms with Crippen molar-refractivity contribution in [3.63, 3.8) is 0 Å². The highest BCUT2D eigenvalue weighted by atomic mass is 31.2. The molecule has 3 rings (SSSR count). The van der Waals surface area contributed by atoms with Gasteiger partial charge >= 0.3 is 20.3 Å². The van der Waals surface area contributed by atoms with Gasteiger partial charge in [0.1, 0.15) is 36.3 Å². The highest BCUT2D eigenvalue weighted by Gasteiger charge is 2.57. The number of ether oxygens (including phenoxy) is 3. The second-order valence-electron chi connectivity index (χ2n) is 9.12. The van der Waals surface area contributed by atoms with Gasteiger partial charge in [0.15, 0.2) is 12.3 Å². The van der Waals surface area contributed by atoms with Gasteiger partial charge in [-0.15, -0.1) is 0 Å². The van der Waals surface area contributed by atoms with Crippen molar-refractivity contribution in [2.24, 2.45) is 0 Å². The van der Waals surface area contributed by atoms with Crippen LogP contribution in [0, 0.1) is 0 Å². The van der Waals surface area contributed by atoms with E-state index in [0.29, 0.717) is 0 Å². The van der Waals surface area contributed by atoms with Crippen LogP contribution in [-0.4, -0.2) is 130 Å². The molecule has 10 atom stereocenters. The Bertz CT molecular complexity index is 1110. The Balaban J connectivity index is 1.91. The van der Waals surface area contributed by atoms with E-state index in [1.54, 1.807) is 0 Å². The lowest BCUT2D eigenvalue weighted by atomic mass is 9.88. The molecule has 40 heavy (non-hydrogen) atoms. The Morgan fingerprint density at radius 2 is 2.02 bits per heavy atom. The van der Waals surface area contributed by atoms with Crippen molar-refractivity contribution in [2.75, 3.05) is 18.9 Å². The lowest BCUT2D eigenvalue weighted by Crippen LogP contribution is -2.67. The minimum atomic E-state index is -3.05. The van der Waals surface area contributed by atoms with Crippen LogP contribution in [0.25, 0.3) is 0 Å². The number of nitrogens with zero attached hydrogens (tertiary/aromatic N) is 2. The number of carbonyl (C=O) groups excluding carboxylic acids is 2. The number of rotatable bonds is 10. The van der Waals surface area contributed by atoms with Gasteiger partial charge in [-0.2, -0.15) is 4.98 Å². The molecule has 0 bridgehead atoms. The first kappa shape index (κ1) is 32.1. The van der Waals surface area contributed by atoms with Gasteiger partial charge in [-0.05, 0) is 6.07 Å². The zero-order valence-corrected chi connectivity index (χ0v) is 21.7. The van der Waals surface area contributed by atoms with E-state index >= 15 is 0 Å². The van der Waals surface area contributed by atoms with Crippen molar-refractivity contribution in [2.45, 2.75) is 74.1 Å². The summed E-state index contributed by atoms with van der Waals surface area (Å²) in [6.07, 6.45) is -14.0. The van der Waals surface area contributed by atoms with Crippen molar-refractivity contribution < 1.29 is 68.7 Å². The molecule has 0 aliphatic carbocycles. The van der Waals surface area contributed by atoms with Gasteiger partial charge in [0.05, 0.1) is 25.4 Å². The molecule has 0 radical (unpaired) electrons. The van der Waals surface area contributed by atoms with Crippen LogP contribution in [0.15, 0.2) is 17.1 Å². The number of anilines is 1. The van der Waals surface area contributed by atoms with Gasteiger partial charge in [0.25, 0.3) is 5.79 Å². The number of aliphatic hydroxyl groups excluding tert-OH is 5. The molecule has 11 N–H and O–H groups in total. The van der Waals surface area contributed by atoms with Gasteiger partial charge in [0.2, 0.25) is 5.91 Å². The third-order valence-corrected chi connectivity index (χ3v) is 6.61. The number of carbonyl (C=O) groups is 2. The number of hydrogen-bond acceptors (Lipinski definition) is 17. The molecule has 0 spiro atoms. The molecular formula is C20H31N4O15P. The van der Waals surface area contributed by atoms with Crippen molar-refractivity contribution in [1.29, 1.82) is 0 Å². The highest BCUT2D eigenvalue weighted by Crippen LogP contribution is 2.37. The molecule has 3 heterocycles. The zero-order valence-electron chi connectivity index (χ0n) is 20.8. The Kier molecular flexibility index (Phi) is 10.5. The van der Waals surface area contributed by atoms with E-state index in [9.17, 15) is 45.0 Å². The number of nitrogens with one attached hydrogen (secondary N) is 1. The normalized spacial score (nSPS) is 33.9. The first-order chi connectivity index (χ1) is 18.7. The maximum absolute atomic E-state index is 13.2. The average Bonchev–Trinajstić information content (AvgIpc) is 3.17. The van der Waals surface area contributed by atoms with Crippen LogP contribution in [-0.2, 0) is 28.3 Å². The minimum Gasteiger partial charge on any atom is -0.451 e. The molecule has 0 unspecified atom stereocenters. The van der Waals surface area contributed by atoms with Gasteiger partial charge < -0.3 is 70.2 Å². The first-order valence-electron chi connectivity index (χ1n) is 11.7. The molecule has 0 aromatic carbocycles. The van der Waals surface area contributed by atoms with Crippen LogP contribution in [0.5, 0.6) is 0 Å². The Morgan fingerprint density at radius 3 is 2.60 bits per heavy atom. The van der Waals surface area contributed by atoms with Crippen LogP contribution in [0.3, 0.4) is 0 Å². The Labute approximate surface area is 226 Å². The first-order valence-corrected chi connectivity index (χ1v) is 12.9. The third-order valence-electron chi connectivity index (χ3n) is 6.23. The second-order valence-corrected chi connectivity index (χ2v) is 9.89. The topological polar surface area (TPSA) is 306 Å². The molecule has 1 aromatic heterocycles. The lowest BCUT2D eigenvalue weighted by Gasteiger charge is -2.45. The van der Waals surface area contributed by atoms with Gasteiger partial charge in [-0.3, -0.25) is 9.36 Å². The fourth-order valence-electron chi connectivity index (χ4n) is 4.31. The van der Waals surface area contributed by atoms with E-state index in [1.165, 1.54) is 6.07 Å². The molecule has 2 saturated heterocycles. The number of nitrogen functional groups attached to an aromatic ring is 1. The van der Waals surface area contributed by atoms with Crippen LogP contribution >= 0.6 is 8.60 Å². The van der Waals surface area contributed by atoms with E-state index in [-0.39, 0.29) is 5.82 Å². The van der Waals surface area contributed by atoms with Gasteiger partial charge in [-0.1, -0.05) is 0 Å². The number of amides is 1. The summed E-state index contributed by atoms with van der Waals surface area (Å²) in [5.41, 5.74) is 4.50. The van der Waals surface area contributed by atoms with Crippen molar-refractivity contribution in [3.8, 4) is 0 Å². The SMILES string of the molecule is CC(=O)N[C@H]1[C@H]([C@H](O)[C@H](O)CO)O[C@](O)(C(=O)O[C@@H]2[C@H](O)[C@@H](COP(O)O)O[C@H]2n2ccc(N)nc2=O)C[C@@H]1O. The third kappa shape index (κ3) is 7.08. The van der Waals surface area contributed by atoms with E-state index in [0.717, 1.165) is 17.7 Å². The minimum absolute atomic E-state index is 0.165. The summed E-state index contributed by atoms with van der Waals surface area (Å²) in [6, 6.07) is -0.266. The fraction of sp³-hybridized carbons (Fsp3) is 0.700. The maximum Gasteiger partial charge on any atom is 0.367 e. The van der Waals surface area contributed by atoms with E-state index in [1.807, 2.05) is 0 Å². The quantitative estimate of drug-likeness (QED) is 0.0886.